The molecule has 24 heavy (non-hydrogen) atoms. The van der Waals surface area contributed by atoms with Crippen LogP contribution in [0, 0.1) is 0 Å². The maximum Gasteiger partial charge on any atom is 0.0912 e. The highest BCUT2D eigenvalue weighted by atomic mass is 35.5. The summed E-state index contributed by atoms with van der Waals surface area (Å²) >= 11 is 6.14. The van der Waals surface area contributed by atoms with E-state index in [1.54, 1.807) is 0 Å². The van der Waals surface area contributed by atoms with Crippen molar-refractivity contribution in [1.29, 1.82) is 0 Å². The number of nitrogens with zero attached hydrogens (tertiary/aromatic N) is 2. The lowest BCUT2D eigenvalue weighted by Crippen LogP contribution is -2.48. The summed E-state index contributed by atoms with van der Waals surface area (Å²) in [6.07, 6.45) is 1.23. The second kappa shape index (κ2) is 6.87. The van der Waals surface area contributed by atoms with Crippen LogP contribution in [0.4, 0.5) is 0 Å². The first-order valence-electron chi connectivity index (χ1n) is 8.80. The van der Waals surface area contributed by atoms with Crippen LogP contribution in [0.25, 0.3) is 0 Å². The number of rotatable bonds is 3. The van der Waals surface area contributed by atoms with Crippen molar-refractivity contribution in [2.75, 3.05) is 40.3 Å². The minimum atomic E-state index is -0.129. The van der Waals surface area contributed by atoms with Crippen molar-refractivity contribution < 1.29 is 4.48 Å². The lowest BCUT2D eigenvalue weighted by atomic mass is 9.82. The van der Waals surface area contributed by atoms with Gasteiger partial charge in [-0.15, -0.1) is 0 Å². The van der Waals surface area contributed by atoms with Gasteiger partial charge in [0.15, 0.2) is 0 Å². The van der Waals surface area contributed by atoms with Crippen molar-refractivity contribution in [3.8, 4) is 0 Å². The quantitative estimate of drug-likeness (QED) is 0.747. The van der Waals surface area contributed by atoms with E-state index in [0.717, 1.165) is 22.6 Å². The topological polar surface area (TPSA) is 3.24 Å². The summed E-state index contributed by atoms with van der Waals surface area (Å²) in [5, 5.41) is 0.794. The summed E-state index contributed by atoms with van der Waals surface area (Å²) < 4.78 is 1.10. The molecule has 2 aromatic carbocycles. The zero-order chi connectivity index (χ0) is 17.2. The number of hydrogen-bond acceptors (Lipinski definition) is 1. The predicted molar refractivity (Wildman–Crippen MR) is 102 cm³/mol. The maximum atomic E-state index is 6.14. The Morgan fingerprint density at radius 2 is 1.50 bits per heavy atom. The Morgan fingerprint density at radius 3 is 2.17 bits per heavy atom. The Kier molecular flexibility index (Phi) is 5.00. The van der Waals surface area contributed by atoms with Crippen molar-refractivity contribution in [2.24, 2.45) is 0 Å². The number of halogens is 1. The molecule has 0 amide bonds. The van der Waals surface area contributed by atoms with Crippen molar-refractivity contribution in [1.82, 2.24) is 4.90 Å². The van der Waals surface area contributed by atoms with Gasteiger partial charge in [-0.25, -0.2) is 0 Å². The first-order chi connectivity index (χ1) is 11.4. The monoisotopic (exact) mass is 343 g/mol. The Balaban J connectivity index is 2.04. The summed E-state index contributed by atoms with van der Waals surface area (Å²) in [5.41, 5.74) is 2.53. The molecular formula is C21H28ClN2+. The number of benzene rings is 2. The van der Waals surface area contributed by atoms with Crippen molar-refractivity contribution in [2.45, 2.75) is 18.9 Å². The normalized spacial score (nSPS) is 21.0. The van der Waals surface area contributed by atoms with E-state index in [-0.39, 0.29) is 5.54 Å². The van der Waals surface area contributed by atoms with E-state index >= 15 is 0 Å². The molecule has 1 aliphatic rings. The molecule has 0 N–H and O–H groups in total. The molecule has 1 heterocycles. The first kappa shape index (κ1) is 17.5. The number of quaternary nitrogens is 1. The zero-order valence-corrected chi connectivity index (χ0v) is 15.8. The fourth-order valence-corrected chi connectivity index (χ4v) is 3.95. The van der Waals surface area contributed by atoms with E-state index in [1.165, 1.54) is 30.6 Å². The molecule has 0 aliphatic carbocycles. The van der Waals surface area contributed by atoms with E-state index in [2.05, 4.69) is 68.4 Å². The summed E-state index contributed by atoms with van der Waals surface area (Å²) in [6.45, 7) is 6.99. The predicted octanol–water partition coefficient (Wildman–Crippen LogP) is 4.39. The van der Waals surface area contributed by atoms with Crippen LogP contribution in [-0.4, -0.2) is 49.7 Å². The van der Waals surface area contributed by atoms with E-state index in [4.69, 9.17) is 11.6 Å². The molecule has 1 fully saturated rings. The van der Waals surface area contributed by atoms with Gasteiger partial charge in [-0.05, 0) is 30.2 Å². The third kappa shape index (κ3) is 3.51. The summed E-state index contributed by atoms with van der Waals surface area (Å²) in [7, 11) is 4.68. The second-order valence-electron chi connectivity index (χ2n) is 7.67. The second-order valence-corrected chi connectivity index (χ2v) is 8.11. The van der Waals surface area contributed by atoms with Gasteiger partial charge in [0.1, 0.15) is 0 Å². The molecule has 3 rings (SSSR count). The molecule has 128 valence electrons. The standard InChI is InChI=1S/C21H28ClN2/c1-21(18-8-5-4-6-9-18,19-10-12-20(22)13-11-19)23-14-7-16-24(2,3)17-15-23/h4-6,8-13H,7,14-17H2,1-3H3/q+1. The highest BCUT2D eigenvalue weighted by Crippen LogP contribution is 2.37. The highest BCUT2D eigenvalue weighted by molar-refractivity contribution is 6.30. The van der Waals surface area contributed by atoms with E-state index < -0.39 is 0 Å². The molecule has 0 bridgehead atoms. The Labute approximate surface area is 151 Å². The zero-order valence-electron chi connectivity index (χ0n) is 15.0. The average molecular weight is 344 g/mol. The maximum absolute atomic E-state index is 6.14. The summed E-state index contributed by atoms with van der Waals surface area (Å²) in [5.74, 6) is 0. The molecule has 2 nitrogen and oxygen atoms in total. The van der Waals surface area contributed by atoms with Crippen LogP contribution in [0.15, 0.2) is 54.6 Å². The van der Waals surface area contributed by atoms with Crippen LogP contribution >= 0.6 is 11.6 Å². The molecule has 1 saturated heterocycles. The van der Waals surface area contributed by atoms with Crippen molar-refractivity contribution >= 4 is 11.6 Å². The minimum absolute atomic E-state index is 0.129. The average Bonchev–Trinajstić information content (AvgIpc) is 2.76. The fraction of sp³-hybridized carbons (Fsp3) is 0.429. The Bertz CT molecular complexity index is 666. The van der Waals surface area contributed by atoms with Crippen LogP contribution in [0.1, 0.15) is 24.5 Å². The summed E-state index contributed by atoms with van der Waals surface area (Å²) in [4.78, 5) is 2.65. The lowest BCUT2D eigenvalue weighted by Gasteiger charge is -2.42. The fourth-order valence-electron chi connectivity index (χ4n) is 3.82. The molecule has 0 radical (unpaired) electrons. The summed E-state index contributed by atoms with van der Waals surface area (Å²) in [6, 6.07) is 19.3. The molecule has 0 aromatic heterocycles. The van der Waals surface area contributed by atoms with Crippen LogP contribution in [0.2, 0.25) is 5.02 Å². The molecule has 1 unspecified atom stereocenters. The van der Waals surface area contributed by atoms with Crippen LogP contribution in [0.3, 0.4) is 0 Å². The largest absolute Gasteiger partial charge is 0.327 e. The van der Waals surface area contributed by atoms with Gasteiger partial charge in [0, 0.05) is 24.5 Å². The highest BCUT2D eigenvalue weighted by Gasteiger charge is 2.37. The third-order valence-electron chi connectivity index (χ3n) is 5.54. The smallest absolute Gasteiger partial charge is 0.0912 e. The first-order valence-corrected chi connectivity index (χ1v) is 9.18. The SMILES string of the molecule is CC(c1ccccc1)(c1ccc(Cl)cc1)N1CCC[N+](C)(C)CC1. The minimum Gasteiger partial charge on any atom is -0.327 e. The number of hydrogen-bond donors (Lipinski definition) is 0. The van der Waals surface area contributed by atoms with Gasteiger partial charge in [0.25, 0.3) is 0 Å². The molecule has 0 saturated carbocycles. The van der Waals surface area contributed by atoms with Crippen LogP contribution in [-0.2, 0) is 5.54 Å². The van der Waals surface area contributed by atoms with Gasteiger partial charge in [0.05, 0.1) is 32.7 Å². The number of likely N-dealkylation sites (N-methyl/N-ethyl adjacent to an activating group) is 1. The molecule has 2 aromatic rings. The van der Waals surface area contributed by atoms with Gasteiger partial charge >= 0.3 is 0 Å². The van der Waals surface area contributed by atoms with E-state index in [9.17, 15) is 0 Å². The third-order valence-corrected chi connectivity index (χ3v) is 5.79. The van der Waals surface area contributed by atoms with Gasteiger partial charge in [0.2, 0.25) is 0 Å². The van der Waals surface area contributed by atoms with Gasteiger partial charge in [-0.3, -0.25) is 4.90 Å². The van der Waals surface area contributed by atoms with Crippen molar-refractivity contribution in [3.63, 3.8) is 0 Å². The Hall–Kier alpha value is -1.35. The van der Waals surface area contributed by atoms with E-state index in [0.29, 0.717) is 0 Å². The van der Waals surface area contributed by atoms with Gasteiger partial charge in [-0.2, -0.15) is 0 Å². The van der Waals surface area contributed by atoms with E-state index in [1.807, 2.05) is 12.1 Å². The molecule has 0 spiro atoms. The van der Waals surface area contributed by atoms with Crippen LogP contribution < -0.4 is 0 Å². The van der Waals surface area contributed by atoms with Crippen LogP contribution in [0.5, 0.6) is 0 Å². The molecular weight excluding hydrogens is 316 g/mol. The molecule has 1 aliphatic heterocycles. The molecule has 3 heteroatoms. The lowest BCUT2D eigenvalue weighted by molar-refractivity contribution is -0.888. The Morgan fingerprint density at radius 1 is 0.875 bits per heavy atom. The van der Waals surface area contributed by atoms with Crippen molar-refractivity contribution in [3.05, 3.63) is 70.7 Å². The molecule has 1 atom stereocenters. The van der Waals surface area contributed by atoms with Gasteiger partial charge in [-0.1, -0.05) is 54.1 Å². The van der Waals surface area contributed by atoms with Gasteiger partial charge < -0.3 is 4.48 Å².